The molecule has 2 atom stereocenters. The van der Waals surface area contributed by atoms with E-state index in [0.717, 1.165) is 11.3 Å². The molecule has 1 aliphatic rings. The van der Waals surface area contributed by atoms with Gasteiger partial charge in [-0.2, -0.15) is 0 Å². The molecule has 1 saturated carbocycles. The first-order chi connectivity index (χ1) is 17.6. The van der Waals surface area contributed by atoms with Crippen molar-refractivity contribution in [2.75, 3.05) is 7.11 Å². The number of rotatable bonds is 6. The van der Waals surface area contributed by atoms with Gasteiger partial charge in [0, 0.05) is 28.8 Å². The number of aromatic nitrogens is 2. The predicted molar refractivity (Wildman–Crippen MR) is 138 cm³/mol. The van der Waals surface area contributed by atoms with E-state index in [0.29, 0.717) is 27.8 Å². The Labute approximate surface area is 214 Å². The van der Waals surface area contributed by atoms with Crippen LogP contribution < -0.4 is 9.46 Å². The third kappa shape index (κ3) is 4.23. The molecule has 4 aromatic rings. The quantitative estimate of drug-likeness (QED) is 0.399. The van der Waals surface area contributed by atoms with Crippen LogP contribution in [0.3, 0.4) is 0 Å². The number of aryl methyl sites for hydroxylation is 3. The number of hydrogen-bond acceptors (Lipinski definition) is 6. The van der Waals surface area contributed by atoms with Crippen molar-refractivity contribution >= 4 is 26.8 Å². The Balaban J connectivity index is 1.60. The molecule has 0 aliphatic heterocycles. The average Bonchev–Trinajstić information content (AvgIpc) is 3.62. The summed E-state index contributed by atoms with van der Waals surface area (Å²) in [5, 5.41) is 0.410. The Morgan fingerprint density at radius 1 is 1.11 bits per heavy atom. The summed E-state index contributed by atoms with van der Waals surface area (Å²) in [4.78, 5) is 22.4. The molecule has 0 unspecified atom stereocenters. The maximum absolute atomic E-state index is 14.4. The zero-order valence-corrected chi connectivity index (χ0v) is 21.7. The second-order valence-corrected chi connectivity index (χ2v) is 11.1. The number of ether oxygens (including phenoxy) is 1. The topological polar surface area (TPSA) is 98.2 Å². The molecule has 190 valence electrons. The normalized spacial score (nSPS) is 19.0. The smallest absolute Gasteiger partial charge is 0.264 e. The number of nitrogens with zero attached hydrogens (tertiary/aromatic N) is 2. The molecule has 0 bridgehead atoms. The van der Waals surface area contributed by atoms with Crippen molar-refractivity contribution in [2.45, 2.75) is 43.4 Å². The van der Waals surface area contributed by atoms with Crippen LogP contribution in [0.2, 0.25) is 0 Å². The van der Waals surface area contributed by atoms with Gasteiger partial charge in [-0.1, -0.05) is 23.8 Å². The zero-order valence-electron chi connectivity index (χ0n) is 20.9. The van der Waals surface area contributed by atoms with Gasteiger partial charge in [0.25, 0.3) is 10.0 Å². The molecule has 1 aliphatic carbocycles. The van der Waals surface area contributed by atoms with Gasteiger partial charge in [0.1, 0.15) is 11.6 Å². The summed E-state index contributed by atoms with van der Waals surface area (Å²) in [7, 11) is -2.78. The van der Waals surface area contributed by atoms with Crippen LogP contribution in [0.15, 0.2) is 65.7 Å². The summed E-state index contributed by atoms with van der Waals surface area (Å²) < 4.78 is 49.4. The molecule has 2 aromatic carbocycles. The van der Waals surface area contributed by atoms with Crippen LogP contribution in [0.5, 0.6) is 5.75 Å². The average molecular weight is 520 g/mol. The number of fused-ring (bicyclic) bond motifs is 1. The van der Waals surface area contributed by atoms with Gasteiger partial charge in [0.15, 0.2) is 0 Å². The first-order valence-corrected chi connectivity index (χ1v) is 13.3. The Bertz CT molecular complexity index is 1670. The van der Waals surface area contributed by atoms with Gasteiger partial charge in [-0.3, -0.25) is 14.8 Å². The van der Waals surface area contributed by atoms with E-state index in [2.05, 4.69) is 14.7 Å². The number of methoxy groups -OCH3 is 1. The summed E-state index contributed by atoms with van der Waals surface area (Å²) >= 11 is 0. The molecule has 9 heteroatoms. The van der Waals surface area contributed by atoms with Crippen molar-refractivity contribution in [3.8, 4) is 5.75 Å². The van der Waals surface area contributed by atoms with E-state index in [-0.39, 0.29) is 17.0 Å². The van der Waals surface area contributed by atoms with E-state index in [9.17, 15) is 17.6 Å². The fourth-order valence-corrected chi connectivity index (χ4v) is 6.21. The molecule has 5 rings (SSSR count). The minimum absolute atomic E-state index is 0.0440. The molecule has 7 nitrogen and oxygen atoms in total. The summed E-state index contributed by atoms with van der Waals surface area (Å²) in [5.74, 6) is -1.23. The third-order valence-electron chi connectivity index (χ3n) is 7.00. The van der Waals surface area contributed by atoms with Gasteiger partial charge in [0.05, 0.1) is 28.6 Å². The number of amides is 1. The second kappa shape index (κ2) is 8.92. The van der Waals surface area contributed by atoms with Crippen molar-refractivity contribution in [3.05, 3.63) is 94.7 Å². The van der Waals surface area contributed by atoms with Crippen molar-refractivity contribution < 1.29 is 22.3 Å². The van der Waals surface area contributed by atoms with Crippen molar-refractivity contribution in [2.24, 2.45) is 0 Å². The molecule has 2 aromatic heterocycles. The number of carbonyl (C=O) groups is 1. The SMILES string of the molecule is COc1ccc(C)cc1[C@]1(C(=O)NS(=O)(=O)c2cccc3nc(C)ccc23)C[C@@H]1c1cnc(C)c(F)c1. The minimum atomic E-state index is -4.27. The highest BCUT2D eigenvalue weighted by Crippen LogP contribution is 2.62. The maximum Gasteiger partial charge on any atom is 0.264 e. The largest absolute Gasteiger partial charge is 0.496 e. The maximum atomic E-state index is 14.4. The fraction of sp³-hybridized carbons (Fsp3) is 0.250. The zero-order chi connectivity index (χ0) is 26.5. The van der Waals surface area contributed by atoms with Crippen LogP contribution in [-0.2, 0) is 20.2 Å². The Morgan fingerprint density at radius 2 is 1.89 bits per heavy atom. The van der Waals surface area contributed by atoms with Gasteiger partial charge in [-0.05, 0) is 69.2 Å². The lowest BCUT2D eigenvalue weighted by atomic mass is 9.88. The number of nitrogens with one attached hydrogen (secondary N) is 1. The van der Waals surface area contributed by atoms with Crippen LogP contribution in [0.1, 0.15) is 40.4 Å². The second-order valence-electron chi connectivity index (χ2n) is 9.48. The van der Waals surface area contributed by atoms with Gasteiger partial charge in [-0.25, -0.2) is 17.5 Å². The first-order valence-electron chi connectivity index (χ1n) is 11.8. The van der Waals surface area contributed by atoms with Gasteiger partial charge >= 0.3 is 0 Å². The Kier molecular flexibility index (Phi) is 5.98. The molecule has 1 amide bonds. The monoisotopic (exact) mass is 519 g/mol. The molecule has 1 N–H and O–H groups in total. The highest BCUT2D eigenvalue weighted by Gasteiger charge is 2.63. The lowest BCUT2D eigenvalue weighted by Gasteiger charge is -2.21. The van der Waals surface area contributed by atoms with Crippen molar-refractivity contribution in [1.29, 1.82) is 0 Å². The summed E-state index contributed by atoms with van der Waals surface area (Å²) in [5.41, 5.74) is 2.16. The lowest BCUT2D eigenvalue weighted by Crippen LogP contribution is -2.40. The predicted octanol–water partition coefficient (Wildman–Crippen LogP) is 4.63. The van der Waals surface area contributed by atoms with Crippen molar-refractivity contribution in [1.82, 2.24) is 14.7 Å². The molecule has 2 heterocycles. The number of sulfonamides is 1. The van der Waals surface area contributed by atoms with Crippen LogP contribution in [0.25, 0.3) is 10.9 Å². The molecular formula is C28H26FN3O4S. The van der Waals surface area contributed by atoms with Crippen LogP contribution >= 0.6 is 0 Å². The highest BCUT2D eigenvalue weighted by molar-refractivity contribution is 7.90. The van der Waals surface area contributed by atoms with Crippen LogP contribution in [0, 0.1) is 26.6 Å². The molecule has 0 saturated heterocycles. The van der Waals surface area contributed by atoms with E-state index in [1.54, 1.807) is 37.3 Å². The molecule has 1 fully saturated rings. The number of carbonyl (C=O) groups excluding carboxylic acids is 1. The summed E-state index contributed by atoms with van der Waals surface area (Å²) in [6, 6.07) is 14.9. The van der Waals surface area contributed by atoms with Crippen LogP contribution in [-0.4, -0.2) is 31.4 Å². The van der Waals surface area contributed by atoms with E-state index in [1.165, 1.54) is 25.4 Å². The van der Waals surface area contributed by atoms with E-state index >= 15 is 0 Å². The summed E-state index contributed by atoms with van der Waals surface area (Å²) in [6.07, 6.45) is 1.81. The number of pyridine rings is 2. The standard InChI is InChI=1S/C28H26FN3O4S/c1-16-8-11-25(36-4)21(12-16)28(14-22(28)19-13-23(29)18(3)30-15-19)27(33)32-37(34,35)26-7-5-6-24-20(26)10-9-17(2)31-24/h5-13,15,22H,14H2,1-4H3,(H,32,33)/t22-,28-/m1/s1. The first kappa shape index (κ1) is 24.8. The molecule has 0 radical (unpaired) electrons. The van der Waals surface area contributed by atoms with E-state index in [4.69, 9.17) is 4.74 Å². The highest BCUT2D eigenvalue weighted by atomic mass is 32.2. The Morgan fingerprint density at radius 3 is 2.62 bits per heavy atom. The summed E-state index contributed by atoms with van der Waals surface area (Å²) in [6.45, 7) is 5.25. The third-order valence-corrected chi connectivity index (χ3v) is 8.39. The van der Waals surface area contributed by atoms with E-state index < -0.39 is 33.1 Å². The number of halogens is 1. The number of benzene rings is 2. The van der Waals surface area contributed by atoms with Gasteiger partial charge in [-0.15, -0.1) is 0 Å². The molecule has 0 spiro atoms. The van der Waals surface area contributed by atoms with Crippen molar-refractivity contribution in [3.63, 3.8) is 0 Å². The van der Waals surface area contributed by atoms with Crippen LogP contribution in [0.4, 0.5) is 4.39 Å². The van der Waals surface area contributed by atoms with Gasteiger partial charge in [0.2, 0.25) is 5.91 Å². The Hall–Kier alpha value is -3.85. The molecule has 37 heavy (non-hydrogen) atoms. The molecular weight excluding hydrogens is 493 g/mol. The minimum Gasteiger partial charge on any atom is -0.496 e. The fourth-order valence-electron chi connectivity index (χ4n) is 4.95. The van der Waals surface area contributed by atoms with E-state index in [1.807, 2.05) is 26.0 Å². The lowest BCUT2D eigenvalue weighted by molar-refractivity contribution is -0.122. The van der Waals surface area contributed by atoms with Gasteiger partial charge < -0.3 is 4.74 Å². The number of hydrogen-bond donors (Lipinski definition) is 1.